The minimum absolute atomic E-state index is 0.200. The van der Waals surface area contributed by atoms with E-state index >= 15 is 0 Å². The lowest BCUT2D eigenvalue weighted by Gasteiger charge is -2.05. The second-order valence-corrected chi connectivity index (χ2v) is 5.47. The number of aromatic carboxylic acids is 1. The van der Waals surface area contributed by atoms with Crippen molar-refractivity contribution in [2.75, 3.05) is 0 Å². The normalized spacial score (nSPS) is 10.6. The summed E-state index contributed by atoms with van der Waals surface area (Å²) in [6.45, 7) is 2.37. The van der Waals surface area contributed by atoms with Crippen LogP contribution in [0.3, 0.4) is 0 Å². The highest BCUT2D eigenvalue weighted by molar-refractivity contribution is 9.10. The zero-order chi connectivity index (χ0) is 14.0. The molecule has 1 aromatic carbocycles. The van der Waals surface area contributed by atoms with Crippen molar-refractivity contribution in [1.82, 2.24) is 14.8 Å². The number of H-pyrrole nitrogens is 1. The van der Waals surface area contributed by atoms with Crippen LogP contribution < -0.4 is 5.69 Å². The predicted octanol–water partition coefficient (Wildman–Crippen LogP) is 2.20. The van der Waals surface area contributed by atoms with Gasteiger partial charge in [-0.15, -0.1) is 5.10 Å². The van der Waals surface area contributed by atoms with Crippen molar-refractivity contribution in [2.45, 2.75) is 23.5 Å². The zero-order valence-corrected chi connectivity index (χ0v) is 12.3. The lowest BCUT2D eigenvalue weighted by Crippen LogP contribution is -2.16. The number of nitrogens with one attached hydrogen (secondary N) is 1. The molecule has 0 aliphatic carbocycles. The fourth-order valence-electron chi connectivity index (χ4n) is 1.47. The van der Waals surface area contributed by atoms with E-state index in [-0.39, 0.29) is 11.3 Å². The van der Waals surface area contributed by atoms with Gasteiger partial charge in [-0.1, -0.05) is 0 Å². The third-order valence-corrected chi connectivity index (χ3v) is 4.41. The minimum atomic E-state index is -0.984. The molecule has 0 bridgehead atoms. The van der Waals surface area contributed by atoms with Gasteiger partial charge >= 0.3 is 11.7 Å². The van der Waals surface area contributed by atoms with Crippen LogP contribution in [0.25, 0.3) is 0 Å². The number of rotatable bonds is 4. The number of carbonyl (C=O) groups is 1. The Kier molecular flexibility index (Phi) is 4.11. The Hall–Kier alpha value is -1.54. The van der Waals surface area contributed by atoms with Gasteiger partial charge in [0.25, 0.3) is 0 Å². The van der Waals surface area contributed by atoms with Crippen LogP contribution in [-0.4, -0.2) is 25.8 Å². The van der Waals surface area contributed by atoms with Gasteiger partial charge in [0, 0.05) is 15.9 Å². The monoisotopic (exact) mass is 343 g/mol. The molecule has 0 radical (unpaired) electrons. The van der Waals surface area contributed by atoms with Crippen molar-refractivity contribution >= 4 is 33.7 Å². The van der Waals surface area contributed by atoms with Gasteiger partial charge in [0.1, 0.15) is 0 Å². The maximum Gasteiger partial charge on any atom is 0.343 e. The van der Waals surface area contributed by atoms with Crippen LogP contribution in [0, 0.1) is 0 Å². The highest BCUT2D eigenvalue weighted by Gasteiger charge is 2.12. The van der Waals surface area contributed by atoms with Crippen molar-refractivity contribution in [3.05, 3.63) is 38.7 Å². The molecule has 6 nitrogen and oxygen atoms in total. The molecule has 0 amide bonds. The minimum Gasteiger partial charge on any atom is -0.478 e. The first-order chi connectivity index (χ1) is 9.02. The maximum atomic E-state index is 11.4. The van der Waals surface area contributed by atoms with Crippen LogP contribution in [0.2, 0.25) is 0 Å². The summed E-state index contributed by atoms with van der Waals surface area (Å²) in [6.07, 6.45) is 0. The van der Waals surface area contributed by atoms with Crippen LogP contribution in [0.15, 0.2) is 37.5 Å². The van der Waals surface area contributed by atoms with Gasteiger partial charge < -0.3 is 5.11 Å². The quantitative estimate of drug-likeness (QED) is 0.888. The first-order valence-electron chi connectivity index (χ1n) is 5.38. The lowest BCUT2D eigenvalue weighted by molar-refractivity contribution is 0.0696. The number of aromatic amines is 1. The molecule has 0 unspecified atom stereocenters. The molecule has 19 heavy (non-hydrogen) atoms. The number of halogens is 1. The maximum absolute atomic E-state index is 11.4. The summed E-state index contributed by atoms with van der Waals surface area (Å²) in [7, 11) is 0. The Morgan fingerprint density at radius 1 is 1.58 bits per heavy atom. The van der Waals surface area contributed by atoms with Gasteiger partial charge in [0.15, 0.2) is 5.16 Å². The van der Waals surface area contributed by atoms with Gasteiger partial charge in [0.2, 0.25) is 0 Å². The van der Waals surface area contributed by atoms with E-state index in [0.29, 0.717) is 16.2 Å². The molecule has 0 fully saturated rings. The predicted molar refractivity (Wildman–Crippen MR) is 73.7 cm³/mol. The molecule has 0 spiro atoms. The van der Waals surface area contributed by atoms with Gasteiger partial charge in [0.05, 0.1) is 5.56 Å². The highest BCUT2D eigenvalue weighted by Crippen LogP contribution is 2.32. The lowest BCUT2D eigenvalue weighted by atomic mass is 10.2. The van der Waals surface area contributed by atoms with Crippen LogP contribution in [-0.2, 0) is 6.54 Å². The molecule has 1 aromatic heterocycles. The fraction of sp³-hybridized carbons (Fsp3) is 0.182. The Morgan fingerprint density at radius 2 is 2.32 bits per heavy atom. The first kappa shape index (κ1) is 13.9. The molecular weight excluding hydrogens is 334 g/mol. The summed E-state index contributed by atoms with van der Waals surface area (Å²) in [5.74, 6) is -0.984. The number of aromatic nitrogens is 3. The average molecular weight is 344 g/mol. The van der Waals surface area contributed by atoms with E-state index in [1.807, 2.05) is 6.92 Å². The molecule has 0 saturated carbocycles. The van der Waals surface area contributed by atoms with E-state index in [0.717, 1.165) is 4.90 Å². The molecular formula is C11H10BrN3O3S. The third kappa shape index (κ3) is 2.90. The van der Waals surface area contributed by atoms with Crippen molar-refractivity contribution in [1.29, 1.82) is 0 Å². The van der Waals surface area contributed by atoms with Crippen molar-refractivity contribution in [3.8, 4) is 0 Å². The van der Waals surface area contributed by atoms with Gasteiger partial charge in [-0.2, -0.15) is 0 Å². The number of benzene rings is 1. The number of hydrogen-bond acceptors (Lipinski definition) is 4. The molecule has 1 heterocycles. The second kappa shape index (κ2) is 5.62. The van der Waals surface area contributed by atoms with E-state index in [4.69, 9.17) is 5.11 Å². The highest BCUT2D eigenvalue weighted by atomic mass is 79.9. The first-order valence-corrected chi connectivity index (χ1v) is 6.99. The SMILES string of the molecule is CCn1c(Sc2ccc(C(=O)O)cc2Br)n[nH]c1=O. The largest absolute Gasteiger partial charge is 0.478 e. The Labute approximate surface area is 121 Å². The molecule has 0 saturated heterocycles. The second-order valence-electron chi connectivity index (χ2n) is 3.61. The standard InChI is InChI=1S/C11H10BrN3O3S/c1-2-15-10(18)13-14-11(15)19-8-4-3-6(9(16)17)5-7(8)12/h3-5H,2H2,1H3,(H,13,18)(H,16,17). The number of nitrogens with zero attached hydrogens (tertiary/aromatic N) is 2. The molecule has 100 valence electrons. The summed E-state index contributed by atoms with van der Waals surface area (Å²) < 4.78 is 2.15. The van der Waals surface area contributed by atoms with Crippen molar-refractivity contribution in [2.24, 2.45) is 0 Å². The van der Waals surface area contributed by atoms with Gasteiger partial charge in [-0.05, 0) is 52.8 Å². The van der Waals surface area contributed by atoms with Crippen molar-refractivity contribution < 1.29 is 9.90 Å². The fourth-order valence-corrected chi connectivity index (χ4v) is 3.00. The van der Waals surface area contributed by atoms with E-state index in [2.05, 4.69) is 26.1 Å². The Balaban J connectivity index is 2.33. The van der Waals surface area contributed by atoms with Crippen LogP contribution in [0.5, 0.6) is 0 Å². The van der Waals surface area contributed by atoms with E-state index < -0.39 is 5.97 Å². The molecule has 2 aromatic rings. The topological polar surface area (TPSA) is 88.0 Å². The van der Waals surface area contributed by atoms with Crippen LogP contribution in [0.4, 0.5) is 0 Å². The average Bonchev–Trinajstić information content (AvgIpc) is 2.72. The van der Waals surface area contributed by atoms with Gasteiger partial charge in [-0.3, -0.25) is 4.57 Å². The van der Waals surface area contributed by atoms with Gasteiger partial charge in [-0.25, -0.2) is 14.7 Å². The van der Waals surface area contributed by atoms with E-state index in [1.165, 1.54) is 28.5 Å². The third-order valence-electron chi connectivity index (χ3n) is 2.42. The smallest absolute Gasteiger partial charge is 0.343 e. The Bertz CT molecular complexity index is 680. The summed E-state index contributed by atoms with van der Waals surface area (Å²) >= 11 is 4.60. The van der Waals surface area contributed by atoms with Crippen molar-refractivity contribution in [3.63, 3.8) is 0 Å². The molecule has 0 atom stereocenters. The number of carboxylic acid groups (broad SMARTS) is 1. The molecule has 0 aliphatic rings. The van der Waals surface area contributed by atoms with E-state index in [9.17, 15) is 9.59 Å². The summed E-state index contributed by atoms with van der Waals surface area (Å²) in [5, 5.41) is 15.7. The zero-order valence-electron chi connectivity index (χ0n) is 9.88. The Morgan fingerprint density at radius 3 is 2.89 bits per heavy atom. The summed E-state index contributed by atoms with van der Waals surface area (Å²) in [5.41, 5.74) is -0.0607. The summed E-state index contributed by atoms with van der Waals surface area (Å²) in [6, 6.07) is 4.71. The molecule has 2 N–H and O–H groups in total. The molecule has 0 aliphatic heterocycles. The molecule has 8 heteroatoms. The molecule has 2 rings (SSSR count). The number of hydrogen-bond donors (Lipinski definition) is 2. The van der Waals surface area contributed by atoms with Crippen LogP contribution in [0.1, 0.15) is 17.3 Å². The van der Waals surface area contributed by atoms with E-state index in [1.54, 1.807) is 6.07 Å². The van der Waals surface area contributed by atoms with Crippen LogP contribution >= 0.6 is 27.7 Å². The summed E-state index contributed by atoms with van der Waals surface area (Å²) in [4.78, 5) is 23.1. The number of carboxylic acids is 1.